The maximum Gasteiger partial charge on any atom is 0.348 e. The van der Waals surface area contributed by atoms with E-state index in [9.17, 15) is 4.79 Å². The molecule has 0 spiro atoms. The van der Waals surface area contributed by atoms with Crippen LogP contribution >= 0.6 is 0 Å². The molecule has 90 valence electrons. The summed E-state index contributed by atoms with van der Waals surface area (Å²) in [6.07, 6.45) is 0. The third-order valence-electron chi connectivity index (χ3n) is 2.70. The van der Waals surface area contributed by atoms with Gasteiger partial charge in [0.1, 0.15) is 0 Å². The third kappa shape index (κ3) is 1.84. The monoisotopic (exact) mass is 233 g/mol. The number of aromatic nitrogens is 1. The summed E-state index contributed by atoms with van der Waals surface area (Å²) in [4.78, 5) is 17.9. The fraction of sp³-hybridized carbons (Fsp3) is 0.333. The lowest BCUT2D eigenvalue weighted by Crippen LogP contribution is -2.15. The SMILES string of the molecule is CNc1ccc2nc(N(C)C)oc(=O)c2c1C. The molecule has 0 saturated heterocycles. The van der Waals surface area contributed by atoms with Crippen LogP contribution in [0.15, 0.2) is 21.3 Å². The Balaban J connectivity index is 2.82. The standard InChI is InChI=1S/C12H15N3O2/c1-7-8(13-2)5-6-9-10(7)11(16)17-12(14-9)15(3)4/h5-6,13H,1-4H3. The van der Waals surface area contributed by atoms with Gasteiger partial charge in [0.15, 0.2) is 0 Å². The molecule has 0 aliphatic heterocycles. The smallest absolute Gasteiger partial charge is 0.348 e. The first-order valence-electron chi connectivity index (χ1n) is 5.34. The van der Waals surface area contributed by atoms with E-state index in [4.69, 9.17) is 4.42 Å². The quantitative estimate of drug-likeness (QED) is 0.853. The molecule has 1 N–H and O–H groups in total. The third-order valence-corrected chi connectivity index (χ3v) is 2.70. The second kappa shape index (κ2) is 4.08. The van der Waals surface area contributed by atoms with Gasteiger partial charge in [0.25, 0.3) is 6.01 Å². The summed E-state index contributed by atoms with van der Waals surface area (Å²) in [5, 5.41) is 3.56. The van der Waals surface area contributed by atoms with E-state index in [0.717, 1.165) is 11.3 Å². The summed E-state index contributed by atoms with van der Waals surface area (Å²) in [7, 11) is 5.38. The summed E-state index contributed by atoms with van der Waals surface area (Å²) in [6, 6.07) is 4.04. The molecule has 0 aliphatic carbocycles. The maximum absolute atomic E-state index is 11.9. The summed E-state index contributed by atoms with van der Waals surface area (Å²) in [6.45, 7) is 1.88. The fourth-order valence-electron chi connectivity index (χ4n) is 1.77. The number of anilines is 2. The zero-order valence-corrected chi connectivity index (χ0v) is 10.4. The first-order chi connectivity index (χ1) is 8.04. The van der Waals surface area contributed by atoms with Crippen LogP contribution in [0.3, 0.4) is 0 Å². The van der Waals surface area contributed by atoms with Crippen LogP contribution in [0.1, 0.15) is 5.56 Å². The van der Waals surface area contributed by atoms with Gasteiger partial charge < -0.3 is 14.6 Å². The van der Waals surface area contributed by atoms with Crippen LogP contribution in [0.2, 0.25) is 0 Å². The minimum absolute atomic E-state index is 0.319. The molecule has 2 rings (SSSR count). The van der Waals surface area contributed by atoms with Crippen molar-refractivity contribution < 1.29 is 4.42 Å². The van der Waals surface area contributed by atoms with Gasteiger partial charge >= 0.3 is 5.63 Å². The van der Waals surface area contributed by atoms with Crippen LogP contribution < -0.4 is 15.8 Å². The molecule has 1 aromatic heterocycles. The highest BCUT2D eigenvalue weighted by molar-refractivity contribution is 5.86. The van der Waals surface area contributed by atoms with Gasteiger partial charge in [-0.2, -0.15) is 4.98 Å². The molecule has 0 amide bonds. The number of hydrogen-bond acceptors (Lipinski definition) is 5. The Kier molecular flexibility index (Phi) is 2.75. The van der Waals surface area contributed by atoms with Crippen molar-refractivity contribution in [2.75, 3.05) is 31.4 Å². The average molecular weight is 233 g/mol. The van der Waals surface area contributed by atoms with E-state index in [1.165, 1.54) is 0 Å². The van der Waals surface area contributed by atoms with Crippen LogP contribution in [0.5, 0.6) is 0 Å². The van der Waals surface area contributed by atoms with Crippen molar-refractivity contribution in [2.45, 2.75) is 6.92 Å². The molecular formula is C12H15N3O2. The molecule has 2 aromatic rings. The van der Waals surface area contributed by atoms with E-state index < -0.39 is 0 Å². The molecule has 0 unspecified atom stereocenters. The summed E-state index contributed by atoms with van der Waals surface area (Å²) < 4.78 is 5.16. The predicted molar refractivity (Wildman–Crippen MR) is 68.9 cm³/mol. The predicted octanol–water partition coefficient (Wildman–Crippen LogP) is 1.60. The molecule has 1 heterocycles. The molecule has 5 nitrogen and oxygen atoms in total. The second-order valence-electron chi connectivity index (χ2n) is 4.06. The molecule has 0 fully saturated rings. The normalized spacial score (nSPS) is 10.6. The molecule has 0 bridgehead atoms. The van der Waals surface area contributed by atoms with Crippen molar-refractivity contribution in [1.82, 2.24) is 4.98 Å². The Morgan fingerprint density at radius 3 is 2.65 bits per heavy atom. The Hall–Kier alpha value is -2.04. The van der Waals surface area contributed by atoms with Gasteiger partial charge in [-0.3, -0.25) is 0 Å². The fourth-order valence-corrected chi connectivity index (χ4v) is 1.77. The van der Waals surface area contributed by atoms with Crippen molar-refractivity contribution in [3.05, 3.63) is 28.1 Å². The number of hydrogen-bond donors (Lipinski definition) is 1. The molecule has 5 heteroatoms. The number of aryl methyl sites for hydroxylation is 1. The molecule has 0 radical (unpaired) electrons. The van der Waals surface area contributed by atoms with E-state index in [1.807, 2.05) is 26.1 Å². The second-order valence-corrected chi connectivity index (χ2v) is 4.06. The molecule has 0 saturated carbocycles. The van der Waals surface area contributed by atoms with Gasteiger partial charge in [-0.25, -0.2) is 4.79 Å². The van der Waals surface area contributed by atoms with Crippen molar-refractivity contribution in [3.8, 4) is 0 Å². The Morgan fingerprint density at radius 1 is 1.35 bits per heavy atom. The topological polar surface area (TPSA) is 58.4 Å². The van der Waals surface area contributed by atoms with Gasteiger partial charge in [-0.15, -0.1) is 0 Å². The Labute approximate surface area is 99.1 Å². The number of nitrogens with one attached hydrogen (secondary N) is 1. The lowest BCUT2D eigenvalue weighted by atomic mass is 10.1. The number of benzene rings is 1. The van der Waals surface area contributed by atoms with E-state index >= 15 is 0 Å². The van der Waals surface area contributed by atoms with Gasteiger partial charge in [-0.05, 0) is 24.6 Å². The zero-order chi connectivity index (χ0) is 12.6. The Bertz CT molecular complexity index is 617. The minimum atomic E-state index is -0.353. The van der Waals surface area contributed by atoms with Gasteiger partial charge in [0.05, 0.1) is 10.9 Å². The lowest BCUT2D eigenvalue weighted by molar-refractivity contribution is 0.502. The largest absolute Gasteiger partial charge is 0.389 e. The van der Waals surface area contributed by atoms with Crippen LogP contribution in [-0.4, -0.2) is 26.1 Å². The molecular weight excluding hydrogens is 218 g/mol. The van der Waals surface area contributed by atoms with Crippen molar-refractivity contribution in [3.63, 3.8) is 0 Å². The van der Waals surface area contributed by atoms with Crippen LogP contribution in [-0.2, 0) is 0 Å². The molecule has 0 atom stereocenters. The van der Waals surface area contributed by atoms with E-state index in [2.05, 4.69) is 10.3 Å². The maximum atomic E-state index is 11.9. The lowest BCUT2D eigenvalue weighted by Gasteiger charge is -2.11. The number of rotatable bonds is 2. The van der Waals surface area contributed by atoms with Crippen LogP contribution in [0, 0.1) is 6.92 Å². The summed E-state index contributed by atoms with van der Waals surface area (Å²) >= 11 is 0. The molecule has 1 aromatic carbocycles. The highest BCUT2D eigenvalue weighted by Gasteiger charge is 2.11. The van der Waals surface area contributed by atoms with Crippen LogP contribution in [0.4, 0.5) is 11.7 Å². The van der Waals surface area contributed by atoms with E-state index in [-0.39, 0.29) is 5.63 Å². The number of nitrogens with zero attached hydrogens (tertiary/aromatic N) is 2. The van der Waals surface area contributed by atoms with E-state index in [1.54, 1.807) is 19.0 Å². The zero-order valence-electron chi connectivity index (χ0n) is 10.4. The van der Waals surface area contributed by atoms with Crippen LogP contribution in [0.25, 0.3) is 10.9 Å². The van der Waals surface area contributed by atoms with Crippen molar-refractivity contribution >= 4 is 22.6 Å². The first-order valence-corrected chi connectivity index (χ1v) is 5.34. The highest BCUT2D eigenvalue weighted by Crippen LogP contribution is 2.22. The average Bonchev–Trinajstić information content (AvgIpc) is 2.28. The van der Waals surface area contributed by atoms with Crippen molar-refractivity contribution in [2.24, 2.45) is 0 Å². The molecule has 0 aliphatic rings. The van der Waals surface area contributed by atoms with Crippen molar-refractivity contribution in [1.29, 1.82) is 0 Å². The summed E-state index contributed by atoms with van der Waals surface area (Å²) in [5.74, 6) is 0. The molecule has 17 heavy (non-hydrogen) atoms. The van der Waals surface area contributed by atoms with Gasteiger partial charge in [0.2, 0.25) is 0 Å². The van der Waals surface area contributed by atoms with Gasteiger partial charge in [-0.1, -0.05) is 0 Å². The minimum Gasteiger partial charge on any atom is -0.389 e. The number of fused-ring (bicyclic) bond motifs is 1. The highest BCUT2D eigenvalue weighted by atomic mass is 16.4. The van der Waals surface area contributed by atoms with E-state index in [0.29, 0.717) is 16.9 Å². The van der Waals surface area contributed by atoms with Gasteiger partial charge in [0, 0.05) is 26.8 Å². The summed E-state index contributed by atoms with van der Waals surface area (Å²) in [5.41, 5.74) is 2.07. The Morgan fingerprint density at radius 2 is 2.06 bits per heavy atom. The first kappa shape index (κ1) is 11.4.